The molecule has 1 saturated heterocycles. The molecule has 1 aromatic heterocycles. The van der Waals surface area contributed by atoms with Gasteiger partial charge < -0.3 is 19.7 Å². The number of anilines is 1. The third-order valence-electron chi connectivity index (χ3n) is 3.96. The number of ether oxygens (including phenoxy) is 2. The number of hydrogen-bond acceptors (Lipinski definition) is 5. The van der Waals surface area contributed by atoms with Crippen molar-refractivity contribution >= 4 is 11.7 Å². The van der Waals surface area contributed by atoms with Gasteiger partial charge in [-0.1, -0.05) is 6.07 Å². The lowest BCUT2D eigenvalue weighted by molar-refractivity contribution is -0.0498. The second-order valence-corrected chi connectivity index (χ2v) is 5.67. The van der Waals surface area contributed by atoms with Crippen LogP contribution < -0.4 is 15.0 Å². The SMILES string of the molecule is O=C(NCc1cccnc1N1CCOCC1)c1ccc(OC(F)F)cc1. The standard InChI is InChI=1S/C18H19F2N3O3/c19-18(20)26-15-5-3-13(4-6-15)17(24)22-12-14-2-1-7-21-16(14)23-8-10-25-11-9-23/h1-7,18H,8-12H2,(H,22,24). The van der Waals surface area contributed by atoms with Crippen LogP contribution in [0.3, 0.4) is 0 Å². The Kier molecular flexibility index (Phi) is 5.96. The van der Waals surface area contributed by atoms with E-state index in [9.17, 15) is 13.6 Å². The summed E-state index contributed by atoms with van der Waals surface area (Å²) in [6.45, 7) is 0.228. The average molecular weight is 363 g/mol. The van der Waals surface area contributed by atoms with Crippen LogP contribution >= 0.6 is 0 Å². The van der Waals surface area contributed by atoms with E-state index in [0.717, 1.165) is 24.5 Å². The molecule has 1 aliphatic heterocycles. The van der Waals surface area contributed by atoms with Crippen molar-refractivity contribution in [1.82, 2.24) is 10.3 Å². The van der Waals surface area contributed by atoms with Crippen LogP contribution in [0.25, 0.3) is 0 Å². The van der Waals surface area contributed by atoms with Crippen LogP contribution in [-0.4, -0.2) is 43.8 Å². The zero-order chi connectivity index (χ0) is 18.4. The number of benzene rings is 1. The largest absolute Gasteiger partial charge is 0.435 e. The topological polar surface area (TPSA) is 63.7 Å². The molecule has 2 aromatic rings. The number of aromatic nitrogens is 1. The molecule has 0 atom stereocenters. The van der Waals surface area contributed by atoms with E-state index < -0.39 is 6.61 Å². The Morgan fingerprint density at radius 2 is 1.96 bits per heavy atom. The lowest BCUT2D eigenvalue weighted by atomic mass is 10.2. The molecule has 2 heterocycles. The highest BCUT2D eigenvalue weighted by atomic mass is 19.3. The van der Waals surface area contributed by atoms with Gasteiger partial charge in [-0.3, -0.25) is 4.79 Å². The van der Waals surface area contributed by atoms with Gasteiger partial charge in [0.25, 0.3) is 5.91 Å². The lowest BCUT2D eigenvalue weighted by Gasteiger charge is -2.29. The molecule has 26 heavy (non-hydrogen) atoms. The molecule has 8 heteroatoms. The molecule has 3 rings (SSSR count). The molecule has 0 spiro atoms. The molecule has 1 N–H and O–H groups in total. The molecule has 1 aliphatic rings. The summed E-state index contributed by atoms with van der Waals surface area (Å²) in [5.41, 5.74) is 1.27. The van der Waals surface area contributed by atoms with Gasteiger partial charge in [-0.05, 0) is 30.3 Å². The molecule has 6 nitrogen and oxygen atoms in total. The molecule has 1 fully saturated rings. The van der Waals surface area contributed by atoms with Crippen LogP contribution in [0.4, 0.5) is 14.6 Å². The van der Waals surface area contributed by atoms with Gasteiger partial charge in [0.15, 0.2) is 0 Å². The van der Waals surface area contributed by atoms with E-state index in [0.29, 0.717) is 25.3 Å². The van der Waals surface area contributed by atoms with Gasteiger partial charge in [0, 0.05) is 37.0 Å². The van der Waals surface area contributed by atoms with E-state index in [2.05, 4.69) is 19.9 Å². The van der Waals surface area contributed by atoms with Crippen molar-refractivity contribution in [1.29, 1.82) is 0 Å². The van der Waals surface area contributed by atoms with Crippen LogP contribution in [0.5, 0.6) is 5.75 Å². The van der Waals surface area contributed by atoms with Crippen LogP contribution in [0, 0.1) is 0 Å². The molecule has 1 amide bonds. The number of nitrogens with zero attached hydrogens (tertiary/aromatic N) is 2. The Morgan fingerprint density at radius 3 is 2.65 bits per heavy atom. The molecule has 0 unspecified atom stereocenters. The van der Waals surface area contributed by atoms with Gasteiger partial charge in [0.2, 0.25) is 0 Å². The second kappa shape index (κ2) is 8.57. The first-order chi connectivity index (χ1) is 12.6. The van der Waals surface area contributed by atoms with Gasteiger partial charge in [0.1, 0.15) is 11.6 Å². The first kappa shape index (κ1) is 18.1. The van der Waals surface area contributed by atoms with Crippen molar-refractivity contribution in [2.24, 2.45) is 0 Å². The minimum atomic E-state index is -2.89. The van der Waals surface area contributed by atoms with Crippen molar-refractivity contribution in [2.45, 2.75) is 13.2 Å². The summed E-state index contributed by atoms with van der Waals surface area (Å²) in [5.74, 6) is 0.542. The third kappa shape index (κ3) is 4.66. The Labute approximate surface area is 149 Å². The van der Waals surface area contributed by atoms with Gasteiger partial charge in [0.05, 0.1) is 13.2 Å². The normalized spacial score (nSPS) is 14.3. The number of hydrogen-bond donors (Lipinski definition) is 1. The third-order valence-corrected chi connectivity index (χ3v) is 3.96. The van der Waals surface area contributed by atoms with E-state index in [1.54, 1.807) is 6.20 Å². The lowest BCUT2D eigenvalue weighted by Crippen LogP contribution is -2.37. The number of carbonyl (C=O) groups is 1. The Hall–Kier alpha value is -2.74. The quantitative estimate of drug-likeness (QED) is 0.854. The predicted octanol–water partition coefficient (Wildman–Crippen LogP) is 2.45. The summed E-state index contributed by atoms with van der Waals surface area (Å²) >= 11 is 0. The summed E-state index contributed by atoms with van der Waals surface area (Å²) in [4.78, 5) is 18.8. The molecule has 0 radical (unpaired) electrons. The number of carbonyl (C=O) groups excluding carboxylic acids is 1. The van der Waals surface area contributed by atoms with Crippen molar-refractivity contribution in [3.8, 4) is 5.75 Å². The summed E-state index contributed by atoms with van der Waals surface area (Å²) in [7, 11) is 0. The molecule has 138 valence electrons. The zero-order valence-electron chi connectivity index (χ0n) is 14.0. The molecular formula is C18H19F2N3O3. The number of halogens is 2. The molecular weight excluding hydrogens is 344 g/mol. The minimum Gasteiger partial charge on any atom is -0.435 e. The van der Waals surface area contributed by atoms with Gasteiger partial charge in [-0.15, -0.1) is 0 Å². The van der Waals surface area contributed by atoms with Crippen LogP contribution in [0.1, 0.15) is 15.9 Å². The van der Waals surface area contributed by atoms with Gasteiger partial charge >= 0.3 is 6.61 Å². The monoisotopic (exact) mass is 363 g/mol. The highest BCUT2D eigenvalue weighted by Crippen LogP contribution is 2.19. The van der Waals surface area contributed by atoms with E-state index in [-0.39, 0.29) is 11.7 Å². The maximum atomic E-state index is 12.3. The number of amides is 1. The Balaban J connectivity index is 1.62. The Bertz CT molecular complexity index is 735. The first-order valence-electron chi connectivity index (χ1n) is 8.23. The maximum Gasteiger partial charge on any atom is 0.387 e. The highest BCUT2D eigenvalue weighted by Gasteiger charge is 2.16. The number of morpholine rings is 1. The fourth-order valence-corrected chi connectivity index (χ4v) is 2.69. The smallest absolute Gasteiger partial charge is 0.387 e. The summed E-state index contributed by atoms with van der Waals surface area (Å²) < 4.78 is 33.9. The van der Waals surface area contributed by atoms with E-state index >= 15 is 0 Å². The number of alkyl halides is 2. The molecule has 1 aromatic carbocycles. The number of rotatable bonds is 6. The number of nitrogens with one attached hydrogen (secondary N) is 1. The zero-order valence-corrected chi connectivity index (χ0v) is 14.0. The highest BCUT2D eigenvalue weighted by molar-refractivity contribution is 5.94. The maximum absolute atomic E-state index is 12.3. The van der Waals surface area contributed by atoms with Crippen molar-refractivity contribution in [3.05, 3.63) is 53.7 Å². The number of pyridine rings is 1. The van der Waals surface area contributed by atoms with E-state index in [1.807, 2.05) is 12.1 Å². The van der Waals surface area contributed by atoms with Gasteiger partial charge in [-0.25, -0.2) is 4.98 Å². The van der Waals surface area contributed by atoms with Crippen molar-refractivity contribution in [3.63, 3.8) is 0 Å². The molecule has 0 bridgehead atoms. The summed E-state index contributed by atoms with van der Waals surface area (Å²) in [6.07, 6.45) is 1.72. The fraction of sp³-hybridized carbons (Fsp3) is 0.333. The van der Waals surface area contributed by atoms with E-state index in [1.165, 1.54) is 24.3 Å². The van der Waals surface area contributed by atoms with Crippen LogP contribution in [-0.2, 0) is 11.3 Å². The molecule has 0 saturated carbocycles. The predicted molar refractivity (Wildman–Crippen MR) is 91.5 cm³/mol. The molecule has 0 aliphatic carbocycles. The van der Waals surface area contributed by atoms with Gasteiger partial charge in [-0.2, -0.15) is 8.78 Å². The second-order valence-electron chi connectivity index (χ2n) is 5.67. The van der Waals surface area contributed by atoms with Crippen molar-refractivity contribution < 1.29 is 23.0 Å². The summed E-state index contributed by atoms with van der Waals surface area (Å²) in [6, 6.07) is 9.30. The average Bonchev–Trinajstić information content (AvgIpc) is 2.67. The summed E-state index contributed by atoms with van der Waals surface area (Å²) in [5, 5.41) is 2.83. The first-order valence-corrected chi connectivity index (χ1v) is 8.23. The van der Waals surface area contributed by atoms with E-state index in [4.69, 9.17) is 4.74 Å². The van der Waals surface area contributed by atoms with Crippen molar-refractivity contribution in [2.75, 3.05) is 31.2 Å². The minimum absolute atomic E-state index is 0.0124. The fourth-order valence-electron chi connectivity index (χ4n) is 2.69. The Morgan fingerprint density at radius 1 is 1.23 bits per heavy atom. The van der Waals surface area contributed by atoms with Crippen LogP contribution in [0.2, 0.25) is 0 Å². The van der Waals surface area contributed by atoms with Crippen LogP contribution in [0.15, 0.2) is 42.6 Å².